The maximum Gasteiger partial charge on any atom is 0.241 e. The van der Waals surface area contributed by atoms with Gasteiger partial charge < -0.3 is 4.90 Å². The molecule has 19 heavy (non-hydrogen) atoms. The van der Waals surface area contributed by atoms with Gasteiger partial charge in [0.1, 0.15) is 0 Å². The van der Waals surface area contributed by atoms with Crippen LogP contribution in [0.3, 0.4) is 0 Å². The summed E-state index contributed by atoms with van der Waals surface area (Å²) in [5.74, 6) is 0.912. The third-order valence-electron chi connectivity index (χ3n) is 4.81. The van der Waals surface area contributed by atoms with E-state index in [0.717, 1.165) is 19.4 Å². The second-order valence-electron chi connectivity index (χ2n) is 7.26. The predicted octanol–water partition coefficient (Wildman–Crippen LogP) is 3.15. The Kier molecular flexibility index (Phi) is 4.54. The average molecular weight is 266 g/mol. The zero-order chi connectivity index (χ0) is 14.0. The van der Waals surface area contributed by atoms with Crippen molar-refractivity contribution in [2.45, 2.75) is 78.4 Å². The molecule has 0 aromatic heterocycles. The monoisotopic (exact) mass is 266 g/mol. The summed E-state index contributed by atoms with van der Waals surface area (Å²) < 4.78 is 0. The van der Waals surface area contributed by atoms with Crippen molar-refractivity contribution >= 4 is 5.91 Å². The van der Waals surface area contributed by atoms with Crippen LogP contribution in [-0.2, 0) is 4.79 Å². The third-order valence-corrected chi connectivity index (χ3v) is 4.81. The molecule has 1 N–H and O–H groups in total. The van der Waals surface area contributed by atoms with Crippen molar-refractivity contribution in [2.24, 2.45) is 11.3 Å². The molecule has 2 aliphatic rings. The first-order valence-corrected chi connectivity index (χ1v) is 8.02. The van der Waals surface area contributed by atoms with Crippen molar-refractivity contribution in [1.29, 1.82) is 0 Å². The van der Waals surface area contributed by atoms with Gasteiger partial charge in [-0.2, -0.15) is 0 Å². The number of carbonyl (C=O) groups excluding carboxylic acids is 1. The topological polar surface area (TPSA) is 32.3 Å². The second-order valence-corrected chi connectivity index (χ2v) is 7.26. The quantitative estimate of drug-likeness (QED) is 0.829. The van der Waals surface area contributed by atoms with Gasteiger partial charge >= 0.3 is 0 Å². The zero-order valence-electron chi connectivity index (χ0n) is 13.0. The molecule has 1 heterocycles. The summed E-state index contributed by atoms with van der Waals surface area (Å²) in [5.41, 5.74) is 0.359. The summed E-state index contributed by atoms with van der Waals surface area (Å²) in [6, 6.07) is 0.0509. The van der Waals surface area contributed by atoms with Crippen LogP contribution in [0.5, 0.6) is 0 Å². The lowest BCUT2D eigenvalue weighted by Gasteiger charge is -2.33. The molecule has 1 saturated heterocycles. The van der Waals surface area contributed by atoms with Gasteiger partial charge in [0.25, 0.3) is 0 Å². The summed E-state index contributed by atoms with van der Waals surface area (Å²) in [6.45, 7) is 9.86. The third kappa shape index (κ3) is 3.31. The van der Waals surface area contributed by atoms with E-state index in [1.165, 1.54) is 25.7 Å². The molecule has 3 nitrogen and oxygen atoms in total. The summed E-state index contributed by atoms with van der Waals surface area (Å²) >= 11 is 0. The standard InChI is InChI=1S/C16H30N2O/c1-5-14-17-13(10-12(2)3)15(19)18(14)11-16(4)8-6-7-9-16/h12-14,17H,5-11H2,1-4H3. The fraction of sp³-hybridized carbons (Fsp3) is 0.938. The molecule has 1 aliphatic heterocycles. The van der Waals surface area contributed by atoms with E-state index in [1.807, 2.05) is 0 Å². The Balaban J connectivity index is 2.03. The van der Waals surface area contributed by atoms with E-state index in [0.29, 0.717) is 17.2 Å². The molecule has 1 aliphatic carbocycles. The van der Waals surface area contributed by atoms with E-state index in [9.17, 15) is 4.79 Å². The molecule has 3 heteroatoms. The first kappa shape index (κ1) is 14.8. The molecule has 2 fully saturated rings. The van der Waals surface area contributed by atoms with Crippen LogP contribution in [0.4, 0.5) is 0 Å². The van der Waals surface area contributed by atoms with Gasteiger partial charge in [0.15, 0.2) is 0 Å². The van der Waals surface area contributed by atoms with Crippen LogP contribution >= 0.6 is 0 Å². The number of hydrogen-bond donors (Lipinski definition) is 1. The molecule has 0 bridgehead atoms. The molecule has 1 saturated carbocycles. The number of nitrogens with zero attached hydrogens (tertiary/aromatic N) is 1. The first-order valence-electron chi connectivity index (χ1n) is 8.02. The second kappa shape index (κ2) is 5.82. The minimum absolute atomic E-state index is 0.0509. The van der Waals surface area contributed by atoms with Gasteiger partial charge in [0.2, 0.25) is 5.91 Å². The summed E-state index contributed by atoms with van der Waals surface area (Å²) in [6.07, 6.45) is 7.45. The Hall–Kier alpha value is -0.570. The largest absolute Gasteiger partial charge is 0.325 e. The predicted molar refractivity (Wildman–Crippen MR) is 78.7 cm³/mol. The summed E-state index contributed by atoms with van der Waals surface area (Å²) in [5, 5.41) is 3.54. The highest BCUT2D eigenvalue weighted by Crippen LogP contribution is 2.39. The SMILES string of the molecule is CCC1NC(CC(C)C)C(=O)N1CC1(C)CCCC1. The number of hydrogen-bond acceptors (Lipinski definition) is 2. The van der Waals surface area contributed by atoms with Crippen molar-refractivity contribution in [3.8, 4) is 0 Å². The van der Waals surface area contributed by atoms with Crippen molar-refractivity contribution < 1.29 is 4.79 Å². The van der Waals surface area contributed by atoms with E-state index in [2.05, 4.69) is 37.9 Å². The minimum atomic E-state index is 0.0509. The normalized spacial score (nSPS) is 30.6. The van der Waals surface area contributed by atoms with Crippen LogP contribution in [0.15, 0.2) is 0 Å². The van der Waals surface area contributed by atoms with Gasteiger partial charge in [0, 0.05) is 6.54 Å². The van der Waals surface area contributed by atoms with Gasteiger partial charge in [-0.05, 0) is 37.0 Å². The van der Waals surface area contributed by atoms with E-state index < -0.39 is 0 Å². The van der Waals surface area contributed by atoms with Crippen LogP contribution in [-0.4, -0.2) is 29.6 Å². The lowest BCUT2D eigenvalue weighted by atomic mass is 9.88. The maximum atomic E-state index is 12.6. The van der Waals surface area contributed by atoms with Crippen LogP contribution in [0.25, 0.3) is 0 Å². The molecular formula is C16H30N2O. The van der Waals surface area contributed by atoms with Crippen LogP contribution < -0.4 is 5.32 Å². The number of rotatable bonds is 5. The van der Waals surface area contributed by atoms with E-state index in [-0.39, 0.29) is 12.2 Å². The molecule has 1 amide bonds. The molecule has 2 atom stereocenters. The highest BCUT2D eigenvalue weighted by atomic mass is 16.2. The van der Waals surface area contributed by atoms with Gasteiger partial charge in [-0.3, -0.25) is 10.1 Å². The fourth-order valence-corrected chi connectivity index (χ4v) is 3.71. The van der Waals surface area contributed by atoms with Gasteiger partial charge in [-0.25, -0.2) is 0 Å². The number of nitrogens with one attached hydrogen (secondary N) is 1. The van der Waals surface area contributed by atoms with Crippen LogP contribution in [0, 0.1) is 11.3 Å². The summed E-state index contributed by atoms with van der Waals surface area (Å²) in [7, 11) is 0. The van der Waals surface area contributed by atoms with E-state index in [4.69, 9.17) is 0 Å². The lowest BCUT2D eigenvalue weighted by molar-refractivity contribution is -0.131. The molecule has 0 aromatic rings. The Morgan fingerprint density at radius 1 is 1.37 bits per heavy atom. The Morgan fingerprint density at radius 2 is 2.00 bits per heavy atom. The van der Waals surface area contributed by atoms with Gasteiger partial charge in [-0.1, -0.05) is 40.5 Å². The van der Waals surface area contributed by atoms with Crippen molar-refractivity contribution in [3.63, 3.8) is 0 Å². The Morgan fingerprint density at radius 3 is 2.53 bits per heavy atom. The average Bonchev–Trinajstić information content (AvgIpc) is 2.88. The zero-order valence-corrected chi connectivity index (χ0v) is 13.0. The highest BCUT2D eigenvalue weighted by molar-refractivity contribution is 5.84. The minimum Gasteiger partial charge on any atom is -0.325 e. The molecule has 2 rings (SSSR count). The van der Waals surface area contributed by atoms with E-state index >= 15 is 0 Å². The molecule has 110 valence electrons. The highest BCUT2D eigenvalue weighted by Gasteiger charge is 2.42. The number of carbonyl (C=O) groups is 1. The van der Waals surface area contributed by atoms with E-state index in [1.54, 1.807) is 0 Å². The van der Waals surface area contributed by atoms with Gasteiger partial charge in [-0.15, -0.1) is 0 Å². The van der Waals surface area contributed by atoms with Crippen LogP contribution in [0.2, 0.25) is 0 Å². The molecule has 0 aromatic carbocycles. The first-order chi connectivity index (χ1) is 8.95. The molecule has 0 radical (unpaired) electrons. The lowest BCUT2D eigenvalue weighted by Crippen LogP contribution is -2.42. The van der Waals surface area contributed by atoms with Crippen molar-refractivity contribution in [2.75, 3.05) is 6.54 Å². The number of amides is 1. The molecular weight excluding hydrogens is 236 g/mol. The smallest absolute Gasteiger partial charge is 0.241 e. The van der Waals surface area contributed by atoms with Gasteiger partial charge in [0.05, 0.1) is 12.2 Å². The maximum absolute atomic E-state index is 12.6. The summed E-state index contributed by atoms with van der Waals surface area (Å²) in [4.78, 5) is 14.7. The van der Waals surface area contributed by atoms with Crippen molar-refractivity contribution in [3.05, 3.63) is 0 Å². The fourth-order valence-electron chi connectivity index (χ4n) is 3.71. The van der Waals surface area contributed by atoms with Crippen molar-refractivity contribution in [1.82, 2.24) is 10.2 Å². The van der Waals surface area contributed by atoms with Crippen LogP contribution in [0.1, 0.15) is 66.2 Å². The Bertz CT molecular complexity index is 321. The molecule has 2 unspecified atom stereocenters. The Labute approximate surface area is 118 Å². The molecule has 0 spiro atoms.